The molecular weight excluding hydrogens is 260 g/mol. The van der Waals surface area contributed by atoms with E-state index >= 15 is 0 Å². The highest BCUT2D eigenvalue weighted by atomic mass is 16.5. The molecule has 0 unspecified atom stereocenters. The van der Waals surface area contributed by atoms with Crippen LogP contribution in [0.3, 0.4) is 0 Å². The third-order valence-electron chi connectivity index (χ3n) is 2.44. The standard InChI is InChI=1S/C14H12N2O4/c1-19-12-5-4-11(9-10(12)3-2-7-17)14(18)15-13-6-8-20-16-13/h4-6,8-9,17H,7H2,1H3,(H,15,16,18). The molecule has 0 saturated heterocycles. The lowest BCUT2D eigenvalue weighted by Gasteiger charge is -2.06. The second kappa shape index (κ2) is 6.41. The van der Waals surface area contributed by atoms with E-state index in [9.17, 15) is 4.79 Å². The van der Waals surface area contributed by atoms with Crippen molar-refractivity contribution in [2.24, 2.45) is 0 Å². The normalized spacial score (nSPS) is 9.50. The first-order valence-electron chi connectivity index (χ1n) is 5.74. The van der Waals surface area contributed by atoms with Crippen molar-refractivity contribution in [1.82, 2.24) is 5.16 Å². The number of benzene rings is 1. The predicted molar refractivity (Wildman–Crippen MR) is 71.4 cm³/mol. The zero-order chi connectivity index (χ0) is 14.4. The van der Waals surface area contributed by atoms with E-state index in [1.54, 1.807) is 18.2 Å². The summed E-state index contributed by atoms with van der Waals surface area (Å²) in [6.45, 7) is -0.265. The lowest BCUT2D eigenvalue weighted by molar-refractivity contribution is 0.102. The molecule has 0 aliphatic rings. The molecule has 0 radical (unpaired) electrons. The zero-order valence-electron chi connectivity index (χ0n) is 10.7. The Morgan fingerprint density at radius 1 is 1.50 bits per heavy atom. The molecule has 1 aromatic heterocycles. The summed E-state index contributed by atoms with van der Waals surface area (Å²) < 4.78 is 9.77. The minimum atomic E-state index is -0.339. The average Bonchev–Trinajstić information content (AvgIpc) is 2.97. The number of ether oxygens (including phenoxy) is 1. The molecule has 0 aliphatic heterocycles. The molecule has 0 spiro atoms. The van der Waals surface area contributed by atoms with Gasteiger partial charge in [-0.2, -0.15) is 0 Å². The van der Waals surface area contributed by atoms with Crippen molar-refractivity contribution in [3.8, 4) is 17.6 Å². The molecule has 1 aromatic carbocycles. The fraction of sp³-hybridized carbons (Fsp3) is 0.143. The van der Waals surface area contributed by atoms with Gasteiger partial charge in [-0.15, -0.1) is 0 Å². The fourth-order valence-corrected chi connectivity index (χ4v) is 1.55. The highest BCUT2D eigenvalue weighted by Crippen LogP contribution is 2.19. The van der Waals surface area contributed by atoms with Crippen molar-refractivity contribution in [1.29, 1.82) is 0 Å². The number of nitrogens with one attached hydrogen (secondary N) is 1. The maximum Gasteiger partial charge on any atom is 0.256 e. The van der Waals surface area contributed by atoms with Crippen LogP contribution in [0.1, 0.15) is 15.9 Å². The summed E-state index contributed by atoms with van der Waals surface area (Å²) in [7, 11) is 1.51. The minimum Gasteiger partial charge on any atom is -0.495 e. The number of methoxy groups -OCH3 is 1. The molecule has 20 heavy (non-hydrogen) atoms. The van der Waals surface area contributed by atoms with E-state index < -0.39 is 0 Å². The van der Waals surface area contributed by atoms with Gasteiger partial charge >= 0.3 is 0 Å². The first kappa shape index (κ1) is 13.6. The van der Waals surface area contributed by atoms with Crippen LogP contribution >= 0.6 is 0 Å². The number of anilines is 1. The Kier molecular flexibility index (Phi) is 4.37. The Morgan fingerprint density at radius 2 is 2.35 bits per heavy atom. The van der Waals surface area contributed by atoms with Crippen molar-refractivity contribution < 1.29 is 19.2 Å². The van der Waals surface area contributed by atoms with Crippen molar-refractivity contribution >= 4 is 11.7 Å². The number of nitrogens with zero attached hydrogens (tertiary/aromatic N) is 1. The maximum absolute atomic E-state index is 12.0. The van der Waals surface area contributed by atoms with Gasteiger partial charge in [-0.1, -0.05) is 17.0 Å². The van der Waals surface area contributed by atoms with Crippen LogP contribution in [0.5, 0.6) is 5.75 Å². The number of hydrogen-bond acceptors (Lipinski definition) is 5. The van der Waals surface area contributed by atoms with Gasteiger partial charge in [-0.05, 0) is 18.2 Å². The fourth-order valence-electron chi connectivity index (χ4n) is 1.55. The SMILES string of the molecule is COc1ccc(C(=O)Nc2ccon2)cc1C#CCO. The maximum atomic E-state index is 12.0. The first-order chi connectivity index (χ1) is 9.74. The molecule has 0 atom stereocenters. The largest absolute Gasteiger partial charge is 0.495 e. The summed E-state index contributed by atoms with van der Waals surface area (Å²) >= 11 is 0. The van der Waals surface area contributed by atoms with Crippen molar-refractivity contribution in [3.05, 3.63) is 41.7 Å². The Balaban J connectivity index is 2.26. The number of amides is 1. The van der Waals surface area contributed by atoms with Gasteiger partial charge < -0.3 is 19.7 Å². The third-order valence-corrected chi connectivity index (χ3v) is 2.44. The van der Waals surface area contributed by atoms with E-state index in [2.05, 4.69) is 26.8 Å². The Bertz CT molecular complexity index is 654. The summed E-state index contributed by atoms with van der Waals surface area (Å²) in [6.07, 6.45) is 1.36. The molecule has 0 saturated carbocycles. The number of hydrogen-bond donors (Lipinski definition) is 2. The number of aromatic nitrogens is 1. The molecule has 0 aliphatic carbocycles. The van der Waals surface area contributed by atoms with Crippen LogP contribution in [0.4, 0.5) is 5.82 Å². The second-order valence-electron chi connectivity index (χ2n) is 3.71. The molecular formula is C14H12N2O4. The van der Waals surface area contributed by atoms with Crippen LogP contribution in [0, 0.1) is 11.8 Å². The minimum absolute atomic E-state index is 0.265. The highest BCUT2D eigenvalue weighted by Gasteiger charge is 2.10. The molecule has 0 fully saturated rings. The Hall–Kier alpha value is -2.78. The number of carbonyl (C=O) groups excluding carboxylic acids is 1. The molecule has 0 bridgehead atoms. The topological polar surface area (TPSA) is 84.6 Å². The van der Waals surface area contributed by atoms with Gasteiger partial charge in [0.15, 0.2) is 5.82 Å². The second-order valence-corrected chi connectivity index (χ2v) is 3.71. The van der Waals surface area contributed by atoms with Crippen LogP contribution < -0.4 is 10.1 Å². The zero-order valence-corrected chi connectivity index (χ0v) is 10.7. The van der Waals surface area contributed by atoms with Gasteiger partial charge in [-0.3, -0.25) is 4.79 Å². The lowest BCUT2D eigenvalue weighted by Crippen LogP contribution is -2.12. The van der Waals surface area contributed by atoms with Crippen LogP contribution in [-0.4, -0.2) is 29.9 Å². The molecule has 2 rings (SSSR count). The lowest BCUT2D eigenvalue weighted by atomic mass is 10.1. The van der Waals surface area contributed by atoms with E-state index in [-0.39, 0.29) is 12.5 Å². The third kappa shape index (κ3) is 3.16. The smallest absolute Gasteiger partial charge is 0.256 e. The van der Waals surface area contributed by atoms with Crippen molar-refractivity contribution in [3.63, 3.8) is 0 Å². The number of aliphatic hydroxyl groups is 1. The Labute approximate surface area is 115 Å². The molecule has 1 heterocycles. The Morgan fingerprint density at radius 3 is 3.00 bits per heavy atom. The number of carbonyl (C=O) groups is 1. The van der Waals surface area contributed by atoms with E-state index in [0.29, 0.717) is 22.7 Å². The van der Waals surface area contributed by atoms with Crippen LogP contribution in [0.15, 0.2) is 35.1 Å². The van der Waals surface area contributed by atoms with Crippen LogP contribution in [-0.2, 0) is 0 Å². The first-order valence-corrected chi connectivity index (χ1v) is 5.74. The summed E-state index contributed by atoms with van der Waals surface area (Å²) in [4.78, 5) is 12.0. The molecule has 2 aromatic rings. The van der Waals surface area contributed by atoms with Crippen LogP contribution in [0.25, 0.3) is 0 Å². The summed E-state index contributed by atoms with van der Waals surface area (Å²) in [5.74, 6) is 5.77. The van der Waals surface area contributed by atoms with Gasteiger partial charge in [0, 0.05) is 11.6 Å². The van der Waals surface area contributed by atoms with Crippen LogP contribution in [0.2, 0.25) is 0 Å². The van der Waals surface area contributed by atoms with Gasteiger partial charge in [0.1, 0.15) is 18.6 Å². The number of aliphatic hydroxyl groups excluding tert-OH is 1. The average molecular weight is 272 g/mol. The van der Waals surface area contributed by atoms with Crippen molar-refractivity contribution in [2.45, 2.75) is 0 Å². The quantitative estimate of drug-likeness (QED) is 0.822. The molecule has 2 N–H and O–H groups in total. The van der Waals surface area contributed by atoms with Gasteiger partial charge in [0.25, 0.3) is 5.91 Å². The summed E-state index contributed by atoms with van der Waals surface area (Å²) in [5.41, 5.74) is 0.922. The van der Waals surface area contributed by atoms with Crippen molar-refractivity contribution in [2.75, 3.05) is 19.0 Å². The molecule has 1 amide bonds. The summed E-state index contributed by atoms with van der Waals surface area (Å²) in [6, 6.07) is 6.36. The molecule has 102 valence electrons. The highest BCUT2D eigenvalue weighted by molar-refractivity contribution is 6.04. The molecule has 6 nitrogen and oxygen atoms in total. The van der Waals surface area contributed by atoms with Gasteiger partial charge in [0.2, 0.25) is 0 Å². The number of rotatable bonds is 3. The monoisotopic (exact) mass is 272 g/mol. The predicted octanol–water partition coefficient (Wildman–Crippen LogP) is 1.28. The molecule has 6 heteroatoms. The van der Waals surface area contributed by atoms with E-state index in [1.807, 2.05) is 0 Å². The van der Waals surface area contributed by atoms with Gasteiger partial charge in [-0.25, -0.2) is 0 Å². The van der Waals surface area contributed by atoms with E-state index in [1.165, 1.54) is 19.4 Å². The summed E-state index contributed by atoms with van der Waals surface area (Å²) in [5, 5.41) is 14.9. The van der Waals surface area contributed by atoms with E-state index in [4.69, 9.17) is 9.84 Å². The van der Waals surface area contributed by atoms with E-state index in [0.717, 1.165) is 0 Å². The van der Waals surface area contributed by atoms with Gasteiger partial charge in [0.05, 0.1) is 12.7 Å².